The Labute approximate surface area is 279 Å². The lowest BCUT2D eigenvalue weighted by Crippen LogP contribution is -2.09. The van der Waals surface area contributed by atoms with E-state index in [0.29, 0.717) is 5.89 Å². The van der Waals surface area contributed by atoms with E-state index < -0.39 is 0 Å². The molecular formula is C43H26N2O2S. The first-order valence-corrected chi connectivity index (χ1v) is 16.8. The number of rotatable bonds is 5. The number of furan rings is 1. The quantitative estimate of drug-likeness (QED) is 0.189. The van der Waals surface area contributed by atoms with Gasteiger partial charge in [0.1, 0.15) is 16.7 Å². The molecule has 7 aromatic carbocycles. The van der Waals surface area contributed by atoms with Gasteiger partial charge in [-0.3, -0.25) is 0 Å². The van der Waals surface area contributed by atoms with E-state index in [0.717, 1.165) is 55.7 Å². The second-order valence-electron chi connectivity index (χ2n) is 12.0. The van der Waals surface area contributed by atoms with Crippen molar-refractivity contribution in [1.29, 1.82) is 0 Å². The van der Waals surface area contributed by atoms with Crippen LogP contribution in [0.4, 0.5) is 17.1 Å². The van der Waals surface area contributed by atoms with Crippen LogP contribution < -0.4 is 4.90 Å². The fraction of sp³-hybridized carbons (Fsp3) is 0. The normalized spacial score (nSPS) is 11.8. The van der Waals surface area contributed by atoms with Gasteiger partial charge >= 0.3 is 0 Å². The van der Waals surface area contributed by atoms with E-state index in [9.17, 15) is 0 Å². The number of para-hydroxylation sites is 1. The van der Waals surface area contributed by atoms with Crippen molar-refractivity contribution in [1.82, 2.24) is 4.98 Å². The number of thiophene rings is 1. The van der Waals surface area contributed by atoms with Gasteiger partial charge in [0.05, 0.1) is 5.39 Å². The highest BCUT2D eigenvalue weighted by molar-refractivity contribution is 7.26. The molecule has 3 aromatic heterocycles. The number of nitrogens with zero attached hydrogens (tertiary/aromatic N) is 2. The predicted molar refractivity (Wildman–Crippen MR) is 200 cm³/mol. The van der Waals surface area contributed by atoms with E-state index in [2.05, 4.69) is 114 Å². The maximum atomic E-state index is 6.42. The predicted octanol–water partition coefficient (Wildman–Crippen LogP) is 12.9. The van der Waals surface area contributed by atoms with Crippen molar-refractivity contribution in [2.45, 2.75) is 0 Å². The molecule has 0 spiro atoms. The Kier molecular flexibility index (Phi) is 6.01. The summed E-state index contributed by atoms with van der Waals surface area (Å²) in [4.78, 5) is 7.11. The van der Waals surface area contributed by atoms with E-state index in [-0.39, 0.29) is 0 Å². The smallest absolute Gasteiger partial charge is 0.227 e. The summed E-state index contributed by atoms with van der Waals surface area (Å²) in [5.41, 5.74) is 9.66. The van der Waals surface area contributed by atoms with Gasteiger partial charge in [-0.1, -0.05) is 84.9 Å². The Balaban J connectivity index is 1.11. The Bertz CT molecular complexity index is 2780. The Morgan fingerprint density at radius 2 is 1.21 bits per heavy atom. The SMILES string of the molecule is c1ccc(-c2nc3ccc4oc5ccc(N(c6ccccc6)c6ccc(-c7cccc8c7sc7ccccc78)cc6)cc5c4c3o2)cc1. The van der Waals surface area contributed by atoms with Gasteiger partial charge in [-0.25, -0.2) is 4.98 Å². The number of oxazole rings is 1. The summed E-state index contributed by atoms with van der Waals surface area (Å²) in [5.74, 6) is 0.598. The lowest BCUT2D eigenvalue weighted by molar-refractivity contribution is 0.622. The summed E-state index contributed by atoms with van der Waals surface area (Å²) < 4.78 is 15.4. The Morgan fingerprint density at radius 3 is 2.06 bits per heavy atom. The minimum atomic E-state index is 0.598. The maximum absolute atomic E-state index is 6.42. The molecule has 0 fully saturated rings. The summed E-state index contributed by atoms with van der Waals surface area (Å²) >= 11 is 1.86. The van der Waals surface area contributed by atoms with Crippen LogP contribution in [0.5, 0.6) is 0 Å². The third kappa shape index (κ3) is 4.25. The zero-order chi connectivity index (χ0) is 31.6. The fourth-order valence-electron chi connectivity index (χ4n) is 6.87. The average Bonchev–Trinajstić information content (AvgIpc) is 3.86. The van der Waals surface area contributed by atoms with Crippen molar-refractivity contribution in [3.63, 3.8) is 0 Å². The minimum Gasteiger partial charge on any atom is -0.456 e. The largest absolute Gasteiger partial charge is 0.456 e. The zero-order valence-corrected chi connectivity index (χ0v) is 26.4. The van der Waals surface area contributed by atoms with E-state index in [1.807, 2.05) is 59.9 Å². The van der Waals surface area contributed by atoms with Crippen LogP contribution in [-0.4, -0.2) is 4.98 Å². The molecule has 48 heavy (non-hydrogen) atoms. The number of fused-ring (bicyclic) bond motifs is 8. The number of aromatic nitrogens is 1. The van der Waals surface area contributed by atoms with E-state index >= 15 is 0 Å². The standard InChI is InChI=1S/C43H26N2O2S/c1-3-10-28(11-4-1)43-44-36-23-25-38-40(41(36)47-43)35-26-31(22-24-37(35)46-38)45(29-12-5-2-6-13-29)30-20-18-27(19-21-30)32-15-9-16-34-33-14-7-8-17-39(33)48-42(32)34/h1-26H. The number of anilines is 3. The third-order valence-electron chi connectivity index (χ3n) is 9.11. The van der Waals surface area contributed by atoms with E-state index in [1.165, 1.54) is 31.3 Å². The molecule has 0 unspecified atom stereocenters. The summed E-state index contributed by atoms with van der Waals surface area (Å²) in [6.45, 7) is 0. The van der Waals surface area contributed by atoms with Gasteiger partial charge in [-0.15, -0.1) is 11.3 Å². The van der Waals surface area contributed by atoms with Crippen LogP contribution in [0.1, 0.15) is 0 Å². The van der Waals surface area contributed by atoms with Crippen molar-refractivity contribution in [2.75, 3.05) is 4.90 Å². The molecule has 0 N–H and O–H groups in total. The van der Waals surface area contributed by atoms with Crippen molar-refractivity contribution in [2.24, 2.45) is 0 Å². The molecule has 0 aliphatic carbocycles. The number of benzene rings is 7. The zero-order valence-electron chi connectivity index (χ0n) is 25.6. The number of hydrogen-bond acceptors (Lipinski definition) is 5. The molecular weight excluding hydrogens is 609 g/mol. The molecule has 226 valence electrons. The van der Waals surface area contributed by atoms with Crippen LogP contribution in [-0.2, 0) is 0 Å². The highest BCUT2D eigenvalue weighted by Crippen LogP contribution is 2.43. The second kappa shape index (κ2) is 10.7. The molecule has 0 radical (unpaired) electrons. The van der Waals surface area contributed by atoms with Crippen LogP contribution in [0.2, 0.25) is 0 Å². The molecule has 10 rings (SSSR count). The third-order valence-corrected chi connectivity index (χ3v) is 10.3. The monoisotopic (exact) mass is 634 g/mol. The maximum Gasteiger partial charge on any atom is 0.227 e. The second-order valence-corrected chi connectivity index (χ2v) is 13.0. The van der Waals surface area contributed by atoms with Crippen molar-refractivity contribution >= 4 is 81.6 Å². The van der Waals surface area contributed by atoms with Gasteiger partial charge in [-0.05, 0) is 83.9 Å². The fourth-order valence-corrected chi connectivity index (χ4v) is 8.11. The van der Waals surface area contributed by atoms with Crippen molar-refractivity contribution in [3.8, 4) is 22.6 Å². The summed E-state index contributed by atoms with van der Waals surface area (Å²) in [6.07, 6.45) is 0. The summed E-state index contributed by atoms with van der Waals surface area (Å²) in [5, 5.41) is 4.53. The average molecular weight is 635 g/mol. The molecule has 0 atom stereocenters. The lowest BCUT2D eigenvalue weighted by Gasteiger charge is -2.25. The van der Waals surface area contributed by atoms with Crippen LogP contribution >= 0.6 is 11.3 Å². The topological polar surface area (TPSA) is 42.4 Å². The highest BCUT2D eigenvalue weighted by atomic mass is 32.1. The van der Waals surface area contributed by atoms with Crippen LogP contribution in [0, 0.1) is 0 Å². The molecule has 0 aliphatic heterocycles. The molecule has 0 saturated carbocycles. The molecule has 10 aromatic rings. The first-order chi connectivity index (χ1) is 23.8. The van der Waals surface area contributed by atoms with Gasteiger partial charge in [0.25, 0.3) is 0 Å². The summed E-state index contributed by atoms with van der Waals surface area (Å²) in [7, 11) is 0. The number of hydrogen-bond donors (Lipinski definition) is 0. The van der Waals surface area contributed by atoms with Crippen LogP contribution in [0.3, 0.4) is 0 Å². The van der Waals surface area contributed by atoms with Gasteiger partial charge in [-0.2, -0.15) is 0 Å². The molecule has 0 bridgehead atoms. The highest BCUT2D eigenvalue weighted by Gasteiger charge is 2.20. The molecule has 4 nitrogen and oxygen atoms in total. The summed E-state index contributed by atoms with van der Waals surface area (Å²) in [6, 6.07) is 55.0. The van der Waals surface area contributed by atoms with Gasteiger partial charge in [0, 0.05) is 48.2 Å². The molecule has 5 heteroatoms. The van der Waals surface area contributed by atoms with Crippen molar-refractivity contribution in [3.05, 3.63) is 158 Å². The molecule has 0 aliphatic rings. The van der Waals surface area contributed by atoms with Gasteiger partial charge in [0.2, 0.25) is 5.89 Å². The minimum absolute atomic E-state index is 0.598. The van der Waals surface area contributed by atoms with Gasteiger partial charge in [0.15, 0.2) is 5.58 Å². The van der Waals surface area contributed by atoms with E-state index in [1.54, 1.807) is 0 Å². The Morgan fingerprint density at radius 1 is 0.500 bits per heavy atom. The van der Waals surface area contributed by atoms with Crippen LogP contribution in [0.25, 0.3) is 75.8 Å². The first kappa shape index (κ1) is 27.0. The molecule has 3 heterocycles. The lowest BCUT2D eigenvalue weighted by atomic mass is 10.0. The van der Waals surface area contributed by atoms with Crippen molar-refractivity contribution < 1.29 is 8.83 Å². The first-order valence-electron chi connectivity index (χ1n) is 16.0. The Hall–Kier alpha value is -6.17. The molecule has 0 saturated heterocycles. The van der Waals surface area contributed by atoms with Crippen LogP contribution in [0.15, 0.2) is 167 Å². The van der Waals surface area contributed by atoms with Gasteiger partial charge < -0.3 is 13.7 Å². The molecule has 0 amide bonds. The van der Waals surface area contributed by atoms with E-state index in [4.69, 9.17) is 13.8 Å².